The quantitative estimate of drug-likeness (QED) is 0.649. The molecule has 8 heteroatoms. The molecular weight excluding hydrogens is 313 g/mol. The lowest BCUT2D eigenvalue weighted by Gasteiger charge is -2.23. The number of ether oxygens (including phenoxy) is 1. The molecule has 1 heterocycles. The molecule has 1 aliphatic rings. The molecule has 0 saturated carbocycles. The highest BCUT2D eigenvalue weighted by atomic mass is 35.5. The van der Waals surface area contributed by atoms with Gasteiger partial charge >= 0.3 is 11.8 Å². The smallest absolute Gasteiger partial charge is 0.313 e. The summed E-state index contributed by atoms with van der Waals surface area (Å²) < 4.78 is 18.2. The van der Waals surface area contributed by atoms with E-state index in [0.29, 0.717) is 6.54 Å². The predicted octanol–water partition coefficient (Wildman–Crippen LogP) is -0.551. The van der Waals surface area contributed by atoms with Gasteiger partial charge in [-0.2, -0.15) is 0 Å². The monoisotopic (exact) mass is 330 g/mol. The third-order valence-corrected chi connectivity index (χ3v) is 3.64. The van der Waals surface area contributed by atoms with Crippen molar-refractivity contribution in [3.8, 4) is 0 Å². The van der Waals surface area contributed by atoms with Crippen LogP contribution in [0.3, 0.4) is 0 Å². The molecule has 0 aliphatic carbocycles. The Morgan fingerprint density at radius 2 is 2.00 bits per heavy atom. The number of quaternary nitrogens is 1. The highest BCUT2D eigenvalue weighted by Gasteiger charge is 2.17. The minimum absolute atomic E-state index is 0.117. The van der Waals surface area contributed by atoms with E-state index in [9.17, 15) is 14.0 Å². The molecule has 0 aromatic heterocycles. The molecule has 2 amide bonds. The summed E-state index contributed by atoms with van der Waals surface area (Å²) in [6.07, 6.45) is 0. The molecule has 0 unspecified atom stereocenters. The van der Waals surface area contributed by atoms with Gasteiger partial charge in [0.05, 0.1) is 31.3 Å². The zero-order valence-corrected chi connectivity index (χ0v) is 12.7. The standard InChI is InChI=1S/C14H17ClFN3O3/c15-11-9-10(1-2-12(11)16)18-14(21)13(20)17-3-4-19-5-7-22-8-6-19/h1-2,9H,3-8H2,(H,17,20)(H,18,21)/p+1. The average Bonchev–Trinajstić information content (AvgIpc) is 2.52. The van der Waals surface area contributed by atoms with Crippen LogP contribution in [0.1, 0.15) is 0 Å². The first-order valence-electron chi connectivity index (χ1n) is 7.02. The average molecular weight is 331 g/mol. The van der Waals surface area contributed by atoms with Crippen LogP contribution in [0.4, 0.5) is 10.1 Å². The van der Waals surface area contributed by atoms with Gasteiger partial charge in [0.25, 0.3) is 0 Å². The van der Waals surface area contributed by atoms with Crippen LogP contribution < -0.4 is 15.5 Å². The third-order valence-electron chi connectivity index (χ3n) is 3.35. The van der Waals surface area contributed by atoms with Gasteiger partial charge in [-0.25, -0.2) is 4.39 Å². The number of carbonyl (C=O) groups is 2. The lowest BCUT2D eigenvalue weighted by atomic mass is 10.3. The first-order chi connectivity index (χ1) is 10.6. The van der Waals surface area contributed by atoms with Crippen molar-refractivity contribution >= 4 is 29.1 Å². The topological polar surface area (TPSA) is 71.9 Å². The second-order valence-corrected chi connectivity index (χ2v) is 5.36. The summed E-state index contributed by atoms with van der Waals surface area (Å²) >= 11 is 5.61. The number of morpholine rings is 1. The summed E-state index contributed by atoms with van der Waals surface area (Å²) in [5.74, 6) is -2.12. The van der Waals surface area contributed by atoms with Gasteiger partial charge in [0.2, 0.25) is 0 Å². The number of carbonyl (C=O) groups excluding carboxylic acids is 2. The molecule has 1 saturated heterocycles. The van der Waals surface area contributed by atoms with Crippen LogP contribution in [-0.4, -0.2) is 51.2 Å². The molecular formula is C14H18ClFN3O3+. The molecule has 2 rings (SSSR count). The molecule has 1 aromatic rings. The maximum atomic E-state index is 13.0. The van der Waals surface area contributed by atoms with Crippen molar-refractivity contribution in [2.24, 2.45) is 0 Å². The van der Waals surface area contributed by atoms with Crippen molar-refractivity contribution in [1.82, 2.24) is 5.32 Å². The zero-order chi connectivity index (χ0) is 15.9. The summed E-state index contributed by atoms with van der Waals surface area (Å²) in [6, 6.07) is 3.71. The van der Waals surface area contributed by atoms with E-state index < -0.39 is 17.6 Å². The second kappa shape index (κ2) is 8.07. The molecule has 0 radical (unpaired) electrons. The maximum absolute atomic E-state index is 13.0. The normalized spacial score (nSPS) is 15.4. The lowest BCUT2D eigenvalue weighted by Crippen LogP contribution is -3.14. The Morgan fingerprint density at radius 1 is 1.27 bits per heavy atom. The maximum Gasteiger partial charge on any atom is 0.313 e. The van der Waals surface area contributed by atoms with Crippen molar-refractivity contribution < 1.29 is 23.6 Å². The van der Waals surface area contributed by atoms with Crippen LogP contribution in [0, 0.1) is 5.82 Å². The van der Waals surface area contributed by atoms with E-state index in [0.717, 1.165) is 38.9 Å². The Kier molecular flexibility index (Phi) is 6.11. The van der Waals surface area contributed by atoms with E-state index in [1.165, 1.54) is 17.0 Å². The van der Waals surface area contributed by atoms with Crippen LogP contribution in [0.25, 0.3) is 0 Å². The summed E-state index contributed by atoms with van der Waals surface area (Å²) in [5.41, 5.74) is 0.269. The number of hydrogen-bond donors (Lipinski definition) is 3. The van der Waals surface area contributed by atoms with Gasteiger partial charge in [-0.15, -0.1) is 0 Å². The van der Waals surface area contributed by atoms with Crippen LogP contribution in [-0.2, 0) is 14.3 Å². The highest BCUT2D eigenvalue weighted by Crippen LogP contribution is 2.19. The highest BCUT2D eigenvalue weighted by molar-refractivity contribution is 6.39. The molecule has 0 spiro atoms. The molecule has 22 heavy (non-hydrogen) atoms. The first kappa shape index (κ1) is 16.7. The van der Waals surface area contributed by atoms with Crippen LogP contribution in [0.2, 0.25) is 5.02 Å². The first-order valence-corrected chi connectivity index (χ1v) is 7.39. The molecule has 1 fully saturated rings. The Labute approximate surface area is 132 Å². The number of anilines is 1. The van der Waals surface area contributed by atoms with E-state index in [2.05, 4.69) is 10.6 Å². The van der Waals surface area contributed by atoms with E-state index >= 15 is 0 Å². The van der Waals surface area contributed by atoms with Crippen molar-refractivity contribution in [3.05, 3.63) is 29.0 Å². The fourth-order valence-corrected chi connectivity index (χ4v) is 2.29. The number of rotatable bonds is 4. The van der Waals surface area contributed by atoms with Crippen LogP contribution in [0.15, 0.2) is 18.2 Å². The van der Waals surface area contributed by atoms with Gasteiger partial charge in [-0.3, -0.25) is 9.59 Å². The largest absolute Gasteiger partial charge is 0.370 e. The van der Waals surface area contributed by atoms with E-state index in [1.807, 2.05) is 0 Å². The van der Waals surface area contributed by atoms with E-state index in [1.54, 1.807) is 0 Å². The van der Waals surface area contributed by atoms with E-state index in [4.69, 9.17) is 16.3 Å². The minimum atomic E-state index is -0.806. The van der Waals surface area contributed by atoms with Crippen molar-refractivity contribution in [3.63, 3.8) is 0 Å². The Morgan fingerprint density at radius 3 is 2.68 bits per heavy atom. The minimum Gasteiger partial charge on any atom is -0.370 e. The number of nitrogens with one attached hydrogen (secondary N) is 3. The van der Waals surface area contributed by atoms with Gasteiger partial charge in [-0.1, -0.05) is 11.6 Å². The van der Waals surface area contributed by atoms with Gasteiger partial charge < -0.3 is 20.3 Å². The zero-order valence-electron chi connectivity index (χ0n) is 12.0. The Balaban J connectivity index is 1.74. The number of benzene rings is 1. The molecule has 1 aliphatic heterocycles. The second-order valence-electron chi connectivity index (χ2n) is 4.95. The lowest BCUT2D eigenvalue weighted by molar-refractivity contribution is -0.906. The summed E-state index contributed by atoms with van der Waals surface area (Å²) in [7, 11) is 0. The van der Waals surface area contributed by atoms with E-state index in [-0.39, 0.29) is 10.7 Å². The molecule has 6 nitrogen and oxygen atoms in total. The van der Waals surface area contributed by atoms with Crippen LogP contribution >= 0.6 is 11.6 Å². The molecule has 3 N–H and O–H groups in total. The van der Waals surface area contributed by atoms with Gasteiger partial charge in [0, 0.05) is 5.69 Å². The Hall–Kier alpha value is -1.70. The summed E-state index contributed by atoms with van der Waals surface area (Å²) in [4.78, 5) is 24.7. The number of halogens is 2. The van der Waals surface area contributed by atoms with Crippen LogP contribution in [0.5, 0.6) is 0 Å². The number of amides is 2. The fraction of sp³-hybridized carbons (Fsp3) is 0.429. The summed E-state index contributed by atoms with van der Waals surface area (Å²) in [6.45, 7) is 4.38. The molecule has 0 atom stereocenters. The van der Waals surface area contributed by atoms with Crippen molar-refractivity contribution in [2.45, 2.75) is 0 Å². The van der Waals surface area contributed by atoms with Crippen molar-refractivity contribution in [2.75, 3.05) is 44.7 Å². The molecule has 0 bridgehead atoms. The molecule has 1 aromatic carbocycles. The Bertz CT molecular complexity index is 550. The van der Waals surface area contributed by atoms with Gasteiger partial charge in [-0.05, 0) is 18.2 Å². The fourth-order valence-electron chi connectivity index (χ4n) is 2.10. The van der Waals surface area contributed by atoms with Gasteiger partial charge in [0.15, 0.2) is 0 Å². The molecule has 120 valence electrons. The summed E-state index contributed by atoms with van der Waals surface area (Å²) in [5, 5.41) is 4.81. The van der Waals surface area contributed by atoms with Crippen molar-refractivity contribution in [1.29, 1.82) is 0 Å². The van der Waals surface area contributed by atoms with Gasteiger partial charge in [0.1, 0.15) is 18.9 Å². The third kappa shape index (κ3) is 4.94. The SMILES string of the molecule is O=C(NCC[NH+]1CCOCC1)C(=O)Nc1ccc(F)c(Cl)c1. The number of hydrogen-bond acceptors (Lipinski definition) is 3. The predicted molar refractivity (Wildman–Crippen MR) is 79.4 cm³/mol.